The van der Waals surface area contributed by atoms with Gasteiger partial charge in [0, 0.05) is 13.1 Å². The Morgan fingerprint density at radius 3 is 2.57 bits per heavy atom. The third kappa shape index (κ3) is 2.22. The summed E-state index contributed by atoms with van der Waals surface area (Å²) in [7, 11) is 1.75. The van der Waals surface area contributed by atoms with Crippen LogP contribution in [0.3, 0.4) is 0 Å². The summed E-state index contributed by atoms with van der Waals surface area (Å²) in [5.74, 6) is -1.23. The van der Waals surface area contributed by atoms with Crippen molar-refractivity contribution in [3.63, 3.8) is 0 Å². The molecule has 0 bridgehead atoms. The summed E-state index contributed by atoms with van der Waals surface area (Å²) in [5, 5.41) is 0. The molecule has 3 rings (SSSR count). The number of nitrogens with zero attached hydrogens (tertiary/aromatic N) is 2. The molecule has 0 spiro atoms. The van der Waals surface area contributed by atoms with Crippen LogP contribution in [0.15, 0.2) is 12.1 Å². The van der Waals surface area contributed by atoms with Crippen molar-refractivity contribution in [1.82, 2.24) is 4.90 Å². The lowest BCUT2D eigenvalue weighted by atomic mass is 10.0. The van der Waals surface area contributed by atoms with E-state index < -0.39 is 11.7 Å². The molecule has 5 heteroatoms. The lowest BCUT2D eigenvalue weighted by Gasteiger charge is -2.22. The van der Waals surface area contributed by atoms with Crippen molar-refractivity contribution in [1.29, 1.82) is 0 Å². The van der Waals surface area contributed by atoms with Gasteiger partial charge in [-0.1, -0.05) is 6.07 Å². The highest BCUT2D eigenvalue weighted by Gasteiger charge is 2.39. The number of hydrogen-bond donors (Lipinski definition) is 0. The molecule has 1 aromatic rings. The molecule has 1 heterocycles. The van der Waals surface area contributed by atoms with Gasteiger partial charge in [0.15, 0.2) is 0 Å². The summed E-state index contributed by atoms with van der Waals surface area (Å²) in [4.78, 5) is 39.5. The SMILES string of the molecule is Cc1cc(C)c2c(c1)N(CC(=O)N(C)C1CC1)C(=O)C2=O. The first-order chi connectivity index (χ1) is 9.90. The fourth-order valence-electron chi connectivity index (χ4n) is 2.86. The molecular formula is C16H18N2O3. The number of Topliss-reactive ketones (excluding diaryl/α,β-unsaturated/α-hetero) is 1. The zero-order valence-electron chi connectivity index (χ0n) is 12.5. The smallest absolute Gasteiger partial charge is 0.299 e. The molecule has 110 valence electrons. The zero-order valence-corrected chi connectivity index (χ0v) is 12.5. The van der Waals surface area contributed by atoms with Gasteiger partial charge in [-0.05, 0) is 43.9 Å². The quantitative estimate of drug-likeness (QED) is 0.790. The number of fused-ring (bicyclic) bond motifs is 1. The van der Waals surface area contributed by atoms with E-state index in [-0.39, 0.29) is 12.5 Å². The molecule has 0 aromatic heterocycles. The van der Waals surface area contributed by atoms with Crippen molar-refractivity contribution in [2.45, 2.75) is 32.7 Å². The van der Waals surface area contributed by atoms with Crippen LogP contribution in [0.5, 0.6) is 0 Å². The maximum atomic E-state index is 12.2. The predicted octanol–water partition coefficient (Wildman–Crippen LogP) is 1.45. The maximum Gasteiger partial charge on any atom is 0.299 e. The van der Waals surface area contributed by atoms with E-state index in [4.69, 9.17) is 0 Å². The molecule has 1 aromatic carbocycles. The first kappa shape index (κ1) is 13.8. The van der Waals surface area contributed by atoms with Crippen molar-refractivity contribution < 1.29 is 14.4 Å². The number of aryl methyl sites for hydroxylation is 2. The number of carbonyl (C=O) groups excluding carboxylic acids is 3. The molecule has 0 saturated heterocycles. The molecule has 0 unspecified atom stereocenters. The average Bonchev–Trinajstić information content (AvgIpc) is 3.22. The highest BCUT2D eigenvalue weighted by molar-refractivity contribution is 6.53. The van der Waals surface area contributed by atoms with Gasteiger partial charge in [-0.25, -0.2) is 0 Å². The summed E-state index contributed by atoms with van der Waals surface area (Å²) >= 11 is 0. The zero-order chi connectivity index (χ0) is 15.3. The number of anilines is 1. The van der Waals surface area contributed by atoms with Gasteiger partial charge in [-0.2, -0.15) is 0 Å². The van der Waals surface area contributed by atoms with E-state index in [0.717, 1.165) is 24.0 Å². The summed E-state index contributed by atoms with van der Waals surface area (Å²) in [5.41, 5.74) is 2.77. The first-order valence-corrected chi connectivity index (χ1v) is 7.13. The number of hydrogen-bond acceptors (Lipinski definition) is 3. The van der Waals surface area contributed by atoms with E-state index in [1.807, 2.05) is 19.9 Å². The van der Waals surface area contributed by atoms with Crippen molar-refractivity contribution in [3.8, 4) is 0 Å². The van der Waals surface area contributed by atoms with Crippen LogP contribution in [0.4, 0.5) is 5.69 Å². The third-order valence-corrected chi connectivity index (χ3v) is 4.20. The largest absolute Gasteiger partial charge is 0.341 e. The van der Waals surface area contributed by atoms with Gasteiger partial charge in [-0.15, -0.1) is 0 Å². The molecule has 2 amide bonds. The van der Waals surface area contributed by atoms with Crippen LogP contribution in [0.25, 0.3) is 0 Å². The summed E-state index contributed by atoms with van der Waals surface area (Å²) in [6.07, 6.45) is 2.04. The van der Waals surface area contributed by atoms with E-state index in [2.05, 4.69) is 0 Å². The van der Waals surface area contributed by atoms with E-state index in [0.29, 0.717) is 17.3 Å². The number of benzene rings is 1. The van der Waals surface area contributed by atoms with E-state index >= 15 is 0 Å². The van der Waals surface area contributed by atoms with Gasteiger partial charge in [0.05, 0.1) is 11.3 Å². The first-order valence-electron chi connectivity index (χ1n) is 7.13. The van der Waals surface area contributed by atoms with E-state index in [1.54, 1.807) is 18.0 Å². The van der Waals surface area contributed by atoms with Crippen LogP contribution in [-0.4, -0.2) is 42.1 Å². The van der Waals surface area contributed by atoms with Gasteiger partial charge in [0.1, 0.15) is 6.54 Å². The minimum Gasteiger partial charge on any atom is -0.341 e. The standard InChI is InChI=1S/C16H18N2O3/c1-9-6-10(2)14-12(7-9)18(16(21)15(14)20)8-13(19)17(3)11-4-5-11/h6-7,11H,4-5,8H2,1-3H3. The minimum absolute atomic E-state index is 0.0620. The van der Waals surface area contributed by atoms with Gasteiger partial charge >= 0.3 is 0 Å². The van der Waals surface area contributed by atoms with E-state index in [9.17, 15) is 14.4 Å². The van der Waals surface area contributed by atoms with Crippen LogP contribution >= 0.6 is 0 Å². The van der Waals surface area contributed by atoms with Gasteiger partial charge in [-0.3, -0.25) is 19.3 Å². The van der Waals surface area contributed by atoms with Crippen molar-refractivity contribution in [2.24, 2.45) is 0 Å². The molecule has 0 radical (unpaired) electrons. The normalized spacial score (nSPS) is 17.2. The van der Waals surface area contributed by atoms with Crippen molar-refractivity contribution >= 4 is 23.3 Å². The fraction of sp³-hybridized carbons (Fsp3) is 0.438. The van der Waals surface area contributed by atoms with Gasteiger partial charge in [0.25, 0.3) is 11.7 Å². The van der Waals surface area contributed by atoms with Gasteiger partial charge < -0.3 is 4.90 Å². The molecule has 21 heavy (non-hydrogen) atoms. The average molecular weight is 286 g/mol. The second-order valence-corrected chi connectivity index (χ2v) is 5.93. The molecule has 1 aliphatic carbocycles. The molecule has 0 N–H and O–H groups in total. The van der Waals surface area contributed by atoms with Gasteiger partial charge in [0.2, 0.25) is 5.91 Å². The second-order valence-electron chi connectivity index (χ2n) is 5.93. The Balaban J connectivity index is 1.92. The third-order valence-electron chi connectivity index (χ3n) is 4.20. The molecule has 1 aliphatic heterocycles. The Hall–Kier alpha value is -2.17. The van der Waals surface area contributed by atoms with Crippen LogP contribution in [-0.2, 0) is 9.59 Å². The monoisotopic (exact) mass is 286 g/mol. The summed E-state index contributed by atoms with van der Waals surface area (Å²) in [6.45, 7) is 3.67. The summed E-state index contributed by atoms with van der Waals surface area (Å²) < 4.78 is 0. The van der Waals surface area contributed by atoms with E-state index in [1.165, 1.54) is 4.90 Å². The lowest BCUT2D eigenvalue weighted by Crippen LogP contribution is -2.41. The maximum absolute atomic E-state index is 12.2. The molecule has 2 aliphatic rings. The molecular weight excluding hydrogens is 268 g/mol. The second kappa shape index (κ2) is 4.69. The summed E-state index contributed by atoms with van der Waals surface area (Å²) in [6, 6.07) is 3.98. The number of rotatable bonds is 3. The minimum atomic E-state index is -0.601. The molecule has 1 saturated carbocycles. The lowest BCUT2D eigenvalue weighted by molar-refractivity contribution is -0.130. The fourth-order valence-corrected chi connectivity index (χ4v) is 2.86. The van der Waals surface area contributed by atoms with Crippen LogP contribution in [0, 0.1) is 13.8 Å². The van der Waals surface area contributed by atoms with Crippen molar-refractivity contribution in [2.75, 3.05) is 18.5 Å². The number of carbonyl (C=O) groups is 3. The molecule has 5 nitrogen and oxygen atoms in total. The Morgan fingerprint density at radius 1 is 1.29 bits per heavy atom. The Labute approximate surface area is 123 Å². The Morgan fingerprint density at radius 2 is 1.95 bits per heavy atom. The number of amides is 2. The van der Waals surface area contributed by atoms with Crippen LogP contribution in [0.2, 0.25) is 0 Å². The van der Waals surface area contributed by atoms with Crippen LogP contribution in [0.1, 0.15) is 34.3 Å². The Bertz CT molecular complexity index is 662. The Kier molecular flexibility index (Phi) is 3.08. The highest BCUT2D eigenvalue weighted by atomic mass is 16.2. The highest BCUT2D eigenvalue weighted by Crippen LogP contribution is 2.33. The number of likely N-dealkylation sites (N-methyl/N-ethyl adjacent to an activating group) is 1. The molecule has 1 fully saturated rings. The predicted molar refractivity (Wildman–Crippen MR) is 78.4 cm³/mol. The van der Waals surface area contributed by atoms with Crippen LogP contribution < -0.4 is 4.90 Å². The topological polar surface area (TPSA) is 57.7 Å². The number of ketones is 1. The molecule has 0 atom stereocenters. The van der Waals surface area contributed by atoms with Crippen molar-refractivity contribution in [3.05, 3.63) is 28.8 Å².